The van der Waals surface area contributed by atoms with Crippen LogP contribution in [0.2, 0.25) is 0 Å². The standard InChI is InChI=1S/C17H27N3O2/c1-13-4-3-5-15(10-13)16(20-6-8-22-9-7-20)12-19-17(21)11-14(2)18/h3-5,10,14,16H,6-9,11-12,18H2,1-2H3,(H,19,21). The first kappa shape index (κ1) is 16.9. The number of carbonyl (C=O) groups excluding carboxylic acids is 1. The van der Waals surface area contributed by atoms with Gasteiger partial charge in [-0.1, -0.05) is 29.8 Å². The number of nitrogens with two attached hydrogens (primary N) is 1. The van der Waals surface area contributed by atoms with E-state index in [0.717, 1.165) is 26.3 Å². The third-order valence-electron chi connectivity index (χ3n) is 3.91. The maximum Gasteiger partial charge on any atom is 0.221 e. The normalized spacial score (nSPS) is 18.7. The zero-order chi connectivity index (χ0) is 15.9. The van der Waals surface area contributed by atoms with E-state index >= 15 is 0 Å². The van der Waals surface area contributed by atoms with Gasteiger partial charge in [0.15, 0.2) is 0 Å². The second kappa shape index (κ2) is 8.27. The van der Waals surface area contributed by atoms with Crippen molar-refractivity contribution in [1.82, 2.24) is 10.2 Å². The molecular formula is C17H27N3O2. The Kier molecular flexibility index (Phi) is 6.36. The molecule has 0 aromatic heterocycles. The van der Waals surface area contributed by atoms with E-state index in [-0.39, 0.29) is 18.0 Å². The fourth-order valence-electron chi connectivity index (χ4n) is 2.80. The molecule has 122 valence electrons. The number of aryl methyl sites for hydroxylation is 1. The highest BCUT2D eigenvalue weighted by atomic mass is 16.5. The van der Waals surface area contributed by atoms with Gasteiger partial charge in [-0.3, -0.25) is 9.69 Å². The van der Waals surface area contributed by atoms with Gasteiger partial charge in [-0.05, 0) is 19.4 Å². The lowest BCUT2D eigenvalue weighted by molar-refractivity contribution is -0.121. The van der Waals surface area contributed by atoms with E-state index in [9.17, 15) is 4.79 Å². The molecule has 1 aromatic rings. The Morgan fingerprint density at radius 1 is 1.41 bits per heavy atom. The van der Waals surface area contributed by atoms with E-state index in [1.165, 1.54) is 11.1 Å². The minimum absolute atomic E-state index is 0.0147. The van der Waals surface area contributed by atoms with E-state index < -0.39 is 0 Å². The summed E-state index contributed by atoms with van der Waals surface area (Å²) in [6.45, 7) is 7.82. The molecule has 1 aliphatic heterocycles. The van der Waals surface area contributed by atoms with Crippen LogP contribution in [0.3, 0.4) is 0 Å². The number of nitrogens with zero attached hydrogens (tertiary/aromatic N) is 1. The van der Waals surface area contributed by atoms with Gasteiger partial charge in [0.1, 0.15) is 0 Å². The molecule has 1 fully saturated rings. The summed E-state index contributed by atoms with van der Waals surface area (Å²) in [6, 6.07) is 8.56. The molecule has 3 N–H and O–H groups in total. The van der Waals surface area contributed by atoms with Crippen LogP contribution in [0.1, 0.15) is 30.5 Å². The van der Waals surface area contributed by atoms with Gasteiger partial charge in [-0.2, -0.15) is 0 Å². The molecule has 0 saturated carbocycles. The number of carbonyl (C=O) groups is 1. The predicted molar refractivity (Wildman–Crippen MR) is 87.6 cm³/mol. The molecule has 0 bridgehead atoms. The lowest BCUT2D eigenvalue weighted by atomic mass is 10.0. The molecule has 0 radical (unpaired) electrons. The average Bonchev–Trinajstić information content (AvgIpc) is 2.48. The van der Waals surface area contributed by atoms with Crippen LogP contribution in [0, 0.1) is 6.92 Å². The number of hydrogen-bond donors (Lipinski definition) is 2. The zero-order valence-corrected chi connectivity index (χ0v) is 13.5. The van der Waals surface area contributed by atoms with Gasteiger partial charge in [0.25, 0.3) is 0 Å². The van der Waals surface area contributed by atoms with Crippen LogP contribution < -0.4 is 11.1 Å². The highest BCUT2D eigenvalue weighted by molar-refractivity contribution is 5.76. The third kappa shape index (κ3) is 5.09. The Balaban J connectivity index is 2.06. The van der Waals surface area contributed by atoms with Crippen LogP contribution >= 0.6 is 0 Å². The summed E-state index contributed by atoms with van der Waals surface area (Å²) in [4.78, 5) is 14.3. The van der Waals surface area contributed by atoms with Crippen molar-refractivity contribution >= 4 is 5.91 Å². The van der Waals surface area contributed by atoms with Crippen LogP contribution in [0.5, 0.6) is 0 Å². The molecule has 1 amide bonds. The largest absolute Gasteiger partial charge is 0.379 e. The van der Waals surface area contributed by atoms with Gasteiger partial charge >= 0.3 is 0 Å². The first-order valence-electron chi connectivity index (χ1n) is 7.97. The zero-order valence-electron chi connectivity index (χ0n) is 13.5. The van der Waals surface area contributed by atoms with E-state index in [1.807, 2.05) is 6.92 Å². The quantitative estimate of drug-likeness (QED) is 0.829. The van der Waals surface area contributed by atoms with Crippen LogP contribution in [-0.2, 0) is 9.53 Å². The lowest BCUT2D eigenvalue weighted by Gasteiger charge is -2.35. The van der Waals surface area contributed by atoms with Crippen molar-refractivity contribution < 1.29 is 9.53 Å². The Morgan fingerprint density at radius 2 is 2.14 bits per heavy atom. The van der Waals surface area contributed by atoms with Gasteiger partial charge < -0.3 is 15.8 Å². The first-order chi connectivity index (χ1) is 10.6. The topological polar surface area (TPSA) is 67.6 Å². The van der Waals surface area contributed by atoms with Crippen molar-refractivity contribution in [2.75, 3.05) is 32.8 Å². The molecule has 1 saturated heterocycles. The molecule has 2 atom stereocenters. The molecular weight excluding hydrogens is 278 g/mol. The van der Waals surface area contributed by atoms with Crippen molar-refractivity contribution in [2.24, 2.45) is 5.73 Å². The number of amides is 1. The Morgan fingerprint density at radius 3 is 2.77 bits per heavy atom. The van der Waals surface area contributed by atoms with Gasteiger partial charge in [0, 0.05) is 32.1 Å². The van der Waals surface area contributed by atoms with Crippen LogP contribution in [-0.4, -0.2) is 49.7 Å². The summed E-state index contributed by atoms with van der Waals surface area (Å²) in [5.41, 5.74) is 8.16. The van der Waals surface area contributed by atoms with Crippen molar-refractivity contribution in [2.45, 2.75) is 32.4 Å². The molecule has 22 heavy (non-hydrogen) atoms. The van der Waals surface area contributed by atoms with Crippen molar-refractivity contribution in [3.05, 3.63) is 35.4 Å². The molecule has 5 nitrogen and oxygen atoms in total. The van der Waals surface area contributed by atoms with Crippen molar-refractivity contribution in [3.8, 4) is 0 Å². The van der Waals surface area contributed by atoms with Crippen LogP contribution in [0.15, 0.2) is 24.3 Å². The number of morpholine rings is 1. The fraction of sp³-hybridized carbons (Fsp3) is 0.588. The Labute approximate surface area is 132 Å². The molecule has 1 heterocycles. The molecule has 1 aliphatic rings. The Hall–Kier alpha value is -1.43. The maximum absolute atomic E-state index is 11.9. The average molecular weight is 305 g/mol. The van der Waals surface area contributed by atoms with E-state index in [4.69, 9.17) is 10.5 Å². The van der Waals surface area contributed by atoms with Crippen LogP contribution in [0.25, 0.3) is 0 Å². The molecule has 0 aliphatic carbocycles. The van der Waals surface area contributed by atoms with E-state index in [1.54, 1.807) is 0 Å². The summed E-state index contributed by atoms with van der Waals surface area (Å²) in [5.74, 6) is 0.0147. The molecule has 5 heteroatoms. The van der Waals surface area contributed by atoms with Crippen LogP contribution in [0.4, 0.5) is 0 Å². The molecule has 0 spiro atoms. The highest BCUT2D eigenvalue weighted by Crippen LogP contribution is 2.22. The summed E-state index contributed by atoms with van der Waals surface area (Å²) in [6.07, 6.45) is 0.365. The molecule has 1 aromatic carbocycles. The maximum atomic E-state index is 11.9. The Bertz CT molecular complexity index is 485. The SMILES string of the molecule is Cc1cccc(C(CNC(=O)CC(C)N)N2CCOCC2)c1. The highest BCUT2D eigenvalue weighted by Gasteiger charge is 2.23. The number of benzene rings is 1. The van der Waals surface area contributed by atoms with Gasteiger partial charge in [0.2, 0.25) is 5.91 Å². The number of hydrogen-bond acceptors (Lipinski definition) is 4. The van der Waals surface area contributed by atoms with Crippen molar-refractivity contribution in [1.29, 1.82) is 0 Å². The van der Waals surface area contributed by atoms with Crippen molar-refractivity contribution in [3.63, 3.8) is 0 Å². The second-order valence-electron chi connectivity index (χ2n) is 6.06. The fourth-order valence-corrected chi connectivity index (χ4v) is 2.80. The predicted octanol–water partition coefficient (Wildman–Crippen LogP) is 1.22. The summed E-state index contributed by atoms with van der Waals surface area (Å²) in [5, 5.41) is 3.03. The number of rotatable bonds is 6. The van der Waals surface area contributed by atoms with Gasteiger partial charge in [-0.25, -0.2) is 0 Å². The summed E-state index contributed by atoms with van der Waals surface area (Å²) >= 11 is 0. The number of ether oxygens (including phenoxy) is 1. The second-order valence-corrected chi connectivity index (χ2v) is 6.06. The van der Waals surface area contributed by atoms with E-state index in [2.05, 4.69) is 41.4 Å². The van der Waals surface area contributed by atoms with E-state index in [0.29, 0.717) is 13.0 Å². The molecule has 2 rings (SSSR count). The third-order valence-corrected chi connectivity index (χ3v) is 3.91. The minimum atomic E-state index is -0.110. The minimum Gasteiger partial charge on any atom is -0.379 e. The first-order valence-corrected chi connectivity index (χ1v) is 7.97. The smallest absolute Gasteiger partial charge is 0.221 e. The van der Waals surface area contributed by atoms with Gasteiger partial charge in [0.05, 0.1) is 19.3 Å². The van der Waals surface area contributed by atoms with Gasteiger partial charge in [-0.15, -0.1) is 0 Å². The summed E-state index contributed by atoms with van der Waals surface area (Å²) in [7, 11) is 0. The number of nitrogens with one attached hydrogen (secondary N) is 1. The molecule has 2 unspecified atom stereocenters. The lowest BCUT2D eigenvalue weighted by Crippen LogP contribution is -2.44. The monoisotopic (exact) mass is 305 g/mol. The summed E-state index contributed by atoms with van der Waals surface area (Å²) < 4.78 is 5.44.